The Labute approximate surface area is 125 Å². The average molecular weight is 278 g/mol. The molecule has 0 N–H and O–H groups in total. The fraction of sp³-hybridized carbons (Fsp3) is 0.105. The van der Waals surface area contributed by atoms with Crippen LogP contribution in [0.3, 0.4) is 0 Å². The van der Waals surface area contributed by atoms with Crippen molar-refractivity contribution in [3.05, 3.63) is 84.4 Å². The van der Waals surface area contributed by atoms with E-state index >= 15 is 0 Å². The Morgan fingerprint density at radius 2 is 1.19 bits per heavy atom. The lowest BCUT2D eigenvalue weighted by Gasteiger charge is -1.99. The van der Waals surface area contributed by atoms with E-state index in [9.17, 15) is 4.79 Å². The number of carbonyl (C=O) groups is 1. The standard InChI is InChI=1S/C10H8.C9H10O2/c1-2-6-10-8-4-3-7-9(10)5-1;1-2-11-9(10)8-6-4-3-5-7-8/h1-8H;3-7H,2H2,1H3. The number of rotatable bonds is 2. The van der Waals surface area contributed by atoms with Crippen molar-refractivity contribution in [2.24, 2.45) is 0 Å². The van der Waals surface area contributed by atoms with Gasteiger partial charge in [0.2, 0.25) is 0 Å². The smallest absolute Gasteiger partial charge is 0.338 e. The minimum Gasteiger partial charge on any atom is -0.462 e. The van der Waals surface area contributed by atoms with E-state index in [4.69, 9.17) is 4.74 Å². The lowest BCUT2D eigenvalue weighted by atomic mass is 10.1. The van der Waals surface area contributed by atoms with Crippen molar-refractivity contribution in [2.45, 2.75) is 6.92 Å². The van der Waals surface area contributed by atoms with Crippen molar-refractivity contribution in [3.8, 4) is 0 Å². The van der Waals surface area contributed by atoms with Crippen LogP contribution >= 0.6 is 0 Å². The van der Waals surface area contributed by atoms with Gasteiger partial charge in [0.05, 0.1) is 12.2 Å². The number of hydrogen-bond acceptors (Lipinski definition) is 2. The molecule has 0 amide bonds. The third kappa shape index (κ3) is 4.46. The first-order chi connectivity index (χ1) is 10.3. The molecule has 0 atom stereocenters. The highest BCUT2D eigenvalue weighted by atomic mass is 16.5. The molecule has 0 bridgehead atoms. The van der Waals surface area contributed by atoms with Crippen LogP contribution < -0.4 is 0 Å². The third-order valence-corrected chi connectivity index (χ3v) is 2.94. The predicted octanol–water partition coefficient (Wildman–Crippen LogP) is 4.70. The number of hydrogen-bond donors (Lipinski definition) is 0. The predicted molar refractivity (Wildman–Crippen MR) is 86.3 cm³/mol. The Hall–Kier alpha value is -2.61. The summed E-state index contributed by atoms with van der Waals surface area (Å²) in [5.41, 5.74) is 0.606. The molecule has 0 saturated carbocycles. The highest BCUT2D eigenvalue weighted by molar-refractivity contribution is 5.89. The molecule has 2 heteroatoms. The number of esters is 1. The maximum absolute atomic E-state index is 11.0. The summed E-state index contributed by atoms with van der Waals surface area (Å²) in [6, 6.07) is 25.7. The summed E-state index contributed by atoms with van der Waals surface area (Å²) in [7, 11) is 0. The molecule has 3 aromatic carbocycles. The molecule has 0 aliphatic carbocycles. The van der Waals surface area contributed by atoms with Crippen molar-refractivity contribution in [1.29, 1.82) is 0 Å². The highest BCUT2D eigenvalue weighted by Gasteiger charge is 2.02. The van der Waals surface area contributed by atoms with Gasteiger partial charge in [-0.25, -0.2) is 4.79 Å². The van der Waals surface area contributed by atoms with Crippen molar-refractivity contribution in [1.82, 2.24) is 0 Å². The fourth-order valence-corrected chi connectivity index (χ4v) is 1.92. The molecule has 106 valence electrons. The zero-order valence-electron chi connectivity index (χ0n) is 12.0. The van der Waals surface area contributed by atoms with Gasteiger partial charge in [0.1, 0.15) is 0 Å². The van der Waals surface area contributed by atoms with Crippen LogP contribution in [0.25, 0.3) is 10.8 Å². The molecule has 0 unspecified atom stereocenters. The van der Waals surface area contributed by atoms with Gasteiger partial charge < -0.3 is 4.74 Å². The van der Waals surface area contributed by atoms with Gasteiger partial charge in [-0.05, 0) is 29.8 Å². The van der Waals surface area contributed by atoms with Crippen molar-refractivity contribution >= 4 is 16.7 Å². The molecule has 0 aliphatic heterocycles. The first-order valence-electron chi connectivity index (χ1n) is 6.97. The van der Waals surface area contributed by atoms with Crippen molar-refractivity contribution in [2.75, 3.05) is 6.61 Å². The summed E-state index contributed by atoms with van der Waals surface area (Å²) in [6.07, 6.45) is 0. The summed E-state index contributed by atoms with van der Waals surface area (Å²) in [4.78, 5) is 11.0. The lowest BCUT2D eigenvalue weighted by Crippen LogP contribution is -2.03. The Bertz CT molecular complexity index is 625. The molecule has 2 nitrogen and oxygen atoms in total. The Morgan fingerprint density at radius 3 is 1.62 bits per heavy atom. The van der Waals surface area contributed by atoms with E-state index in [1.807, 2.05) is 18.2 Å². The van der Waals surface area contributed by atoms with Gasteiger partial charge >= 0.3 is 5.97 Å². The molecule has 0 spiro atoms. The minimum absolute atomic E-state index is 0.256. The van der Waals surface area contributed by atoms with E-state index < -0.39 is 0 Å². The van der Waals surface area contributed by atoms with E-state index in [0.717, 1.165) is 0 Å². The fourth-order valence-electron chi connectivity index (χ4n) is 1.92. The molecular weight excluding hydrogens is 260 g/mol. The number of ether oxygens (including phenoxy) is 1. The largest absolute Gasteiger partial charge is 0.462 e. The van der Waals surface area contributed by atoms with Crippen LogP contribution in [-0.2, 0) is 4.74 Å². The van der Waals surface area contributed by atoms with Crippen LogP contribution in [0.15, 0.2) is 78.9 Å². The molecule has 0 heterocycles. The Balaban J connectivity index is 0.000000154. The highest BCUT2D eigenvalue weighted by Crippen LogP contribution is 2.11. The van der Waals surface area contributed by atoms with Crippen LogP contribution in [0.5, 0.6) is 0 Å². The number of fused-ring (bicyclic) bond motifs is 1. The second-order valence-corrected chi connectivity index (χ2v) is 4.43. The Kier molecular flexibility index (Phi) is 5.53. The molecule has 3 aromatic rings. The van der Waals surface area contributed by atoms with Crippen LogP contribution in [0.2, 0.25) is 0 Å². The maximum atomic E-state index is 11.0. The van der Waals surface area contributed by atoms with Gasteiger partial charge in [-0.1, -0.05) is 66.7 Å². The third-order valence-electron chi connectivity index (χ3n) is 2.94. The molecule has 21 heavy (non-hydrogen) atoms. The number of carbonyl (C=O) groups excluding carboxylic acids is 1. The lowest BCUT2D eigenvalue weighted by molar-refractivity contribution is 0.0526. The average Bonchev–Trinajstić information content (AvgIpc) is 2.57. The van der Waals surface area contributed by atoms with Gasteiger partial charge in [-0.2, -0.15) is 0 Å². The van der Waals surface area contributed by atoms with E-state index in [1.165, 1.54) is 10.8 Å². The van der Waals surface area contributed by atoms with Crippen LogP contribution in [-0.4, -0.2) is 12.6 Å². The van der Waals surface area contributed by atoms with Crippen LogP contribution in [0, 0.1) is 0 Å². The summed E-state index contributed by atoms with van der Waals surface area (Å²) < 4.78 is 4.79. The molecule has 0 aliphatic rings. The first kappa shape index (κ1) is 14.8. The van der Waals surface area contributed by atoms with Gasteiger partial charge in [-0.15, -0.1) is 0 Å². The molecule has 3 rings (SSSR count). The van der Waals surface area contributed by atoms with E-state index in [2.05, 4.69) is 48.5 Å². The van der Waals surface area contributed by atoms with Gasteiger partial charge in [0.15, 0.2) is 0 Å². The second-order valence-electron chi connectivity index (χ2n) is 4.43. The summed E-state index contributed by atoms with van der Waals surface area (Å²) in [5, 5.41) is 2.62. The van der Waals surface area contributed by atoms with E-state index in [0.29, 0.717) is 12.2 Å². The quantitative estimate of drug-likeness (QED) is 0.635. The minimum atomic E-state index is -0.256. The summed E-state index contributed by atoms with van der Waals surface area (Å²) >= 11 is 0. The summed E-state index contributed by atoms with van der Waals surface area (Å²) in [6.45, 7) is 2.22. The van der Waals surface area contributed by atoms with Gasteiger partial charge in [0, 0.05) is 0 Å². The molecular formula is C19H18O2. The second kappa shape index (κ2) is 7.85. The zero-order valence-corrected chi connectivity index (χ0v) is 12.0. The van der Waals surface area contributed by atoms with E-state index in [-0.39, 0.29) is 5.97 Å². The van der Waals surface area contributed by atoms with Gasteiger partial charge in [-0.3, -0.25) is 0 Å². The molecule has 0 radical (unpaired) electrons. The normalized spacial score (nSPS) is 9.57. The number of benzene rings is 3. The first-order valence-corrected chi connectivity index (χ1v) is 6.97. The van der Waals surface area contributed by atoms with Crippen LogP contribution in [0.4, 0.5) is 0 Å². The van der Waals surface area contributed by atoms with Gasteiger partial charge in [0.25, 0.3) is 0 Å². The SMILES string of the molecule is CCOC(=O)c1ccccc1.c1ccc2ccccc2c1. The molecule has 0 saturated heterocycles. The molecule has 0 fully saturated rings. The molecule has 0 aromatic heterocycles. The van der Waals surface area contributed by atoms with Crippen molar-refractivity contribution in [3.63, 3.8) is 0 Å². The zero-order chi connectivity index (χ0) is 14.9. The van der Waals surface area contributed by atoms with Crippen molar-refractivity contribution < 1.29 is 9.53 Å². The Morgan fingerprint density at radius 1 is 0.762 bits per heavy atom. The summed E-state index contributed by atoms with van der Waals surface area (Å²) in [5.74, 6) is -0.256. The van der Waals surface area contributed by atoms with E-state index in [1.54, 1.807) is 19.1 Å². The topological polar surface area (TPSA) is 26.3 Å². The maximum Gasteiger partial charge on any atom is 0.338 e. The monoisotopic (exact) mass is 278 g/mol. The van der Waals surface area contributed by atoms with Crippen LogP contribution in [0.1, 0.15) is 17.3 Å².